The first-order valence-electron chi connectivity index (χ1n) is 4.00. The third-order valence-corrected chi connectivity index (χ3v) is 1.72. The third-order valence-electron chi connectivity index (χ3n) is 1.72. The minimum absolute atomic E-state index is 0.293. The summed E-state index contributed by atoms with van der Waals surface area (Å²) in [5.41, 5.74) is 0. The highest BCUT2D eigenvalue weighted by Crippen LogP contribution is 2.17. The van der Waals surface area contributed by atoms with Gasteiger partial charge < -0.3 is 19.7 Å². The van der Waals surface area contributed by atoms with Gasteiger partial charge in [0.05, 0.1) is 12.8 Å². The topological polar surface area (TPSA) is 93.1 Å². The number of hydrogen-bond donors (Lipinski definition) is 2. The van der Waals surface area contributed by atoms with E-state index in [0.717, 1.165) is 0 Å². The molecule has 0 aliphatic heterocycles. The van der Waals surface area contributed by atoms with E-state index in [-0.39, 0.29) is 12.8 Å². The zero-order valence-corrected chi connectivity index (χ0v) is 8.10. The molecule has 0 saturated heterocycles. The van der Waals surface area contributed by atoms with Crippen molar-refractivity contribution < 1.29 is 29.3 Å². The molecule has 0 heterocycles. The van der Waals surface area contributed by atoms with Crippen molar-refractivity contribution in [1.29, 1.82) is 0 Å². The van der Waals surface area contributed by atoms with Gasteiger partial charge in [-0.05, 0) is 0 Å². The van der Waals surface area contributed by atoms with Crippen LogP contribution in [-0.2, 0) is 19.1 Å². The highest BCUT2D eigenvalue weighted by molar-refractivity contribution is 5.70. The van der Waals surface area contributed by atoms with Gasteiger partial charge in [-0.3, -0.25) is 9.59 Å². The van der Waals surface area contributed by atoms with Gasteiger partial charge in [0.1, 0.15) is 0 Å². The zero-order valence-electron chi connectivity index (χ0n) is 8.10. The van der Waals surface area contributed by atoms with Crippen molar-refractivity contribution in [2.75, 3.05) is 14.2 Å². The SMILES string of the molecule is COC(OC)C(CC(=O)O)CC(=O)O. The molecule has 14 heavy (non-hydrogen) atoms. The minimum atomic E-state index is -1.07. The lowest BCUT2D eigenvalue weighted by Crippen LogP contribution is -2.29. The summed E-state index contributed by atoms with van der Waals surface area (Å²) in [6.07, 6.45) is -1.39. The summed E-state index contributed by atoms with van der Waals surface area (Å²) in [7, 11) is 2.68. The summed E-state index contributed by atoms with van der Waals surface area (Å²) in [4.78, 5) is 20.8. The zero-order chi connectivity index (χ0) is 11.1. The Bertz CT molecular complexity index is 182. The van der Waals surface area contributed by atoms with Crippen LogP contribution >= 0.6 is 0 Å². The quantitative estimate of drug-likeness (QED) is 0.577. The van der Waals surface area contributed by atoms with Crippen molar-refractivity contribution >= 4 is 11.9 Å². The molecule has 0 saturated carbocycles. The van der Waals surface area contributed by atoms with E-state index in [9.17, 15) is 9.59 Å². The molecule has 0 bridgehead atoms. The monoisotopic (exact) mass is 206 g/mol. The normalized spacial score (nSPS) is 10.9. The average Bonchev–Trinajstić information content (AvgIpc) is 2.03. The maximum absolute atomic E-state index is 10.4. The molecule has 0 radical (unpaired) electrons. The predicted molar refractivity (Wildman–Crippen MR) is 45.8 cm³/mol. The van der Waals surface area contributed by atoms with E-state index in [1.54, 1.807) is 0 Å². The highest BCUT2D eigenvalue weighted by Gasteiger charge is 2.26. The van der Waals surface area contributed by atoms with Crippen LogP contribution in [0.5, 0.6) is 0 Å². The smallest absolute Gasteiger partial charge is 0.303 e. The summed E-state index contributed by atoms with van der Waals surface area (Å²) in [5, 5.41) is 17.1. The summed E-state index contributed by atoms with van der Waals surface area (Å²) in [6.45, 7) is 0. The molecule has 6 nitrogen and oxygen atoms in total. The number of ether oxygens (including phenoxy) is 2. The largest absolute Gasteiger partial charge is 0.481 e. The Morgan fingerprint density at radius 3 is 1.64 bits per heavy atom. The number of carboxylic acids is 2. The second kappa shape index (κ2) is 6.33. The maximum atomic E-state index is 10.4. The highest BCUT2D eigenvalue weighted by atomic mass is 16.7. The molecular formula is C8H14O6. The molecule has 0 spiro atoms. The fraction of sp³-hybridized carbons (Fsp3) is 0.750. The molecule has 0 fully saturated rings. The second-order valence-electron chi connectivity index (χ2n) is 2.80. The van der Waals surface area contributed by atoms with Crippen molar-refractivity contribution in [3.63, 3.8) is 0 Å². The van der Waals surface area contributed by atoms with Crippen LogP contribution in [0.2, 0.25) is 0 Å². The van der Waals surface area contributed by atoms with Crippen molar-refractivity contribution in [3.05, 3.63) is 0 Å². The molecule has 0 unspecified atom stereocenters. The lowest BCUT2D eigenvalue weighted by molar-refractivity contribution is -0.163. The fourth-order valence-corrected chi connectivity index (χ4v) is 1.19. The van der Waals surface area contributed by atoms with Crippen molar-refractivity contribution in [2.24, 2.45) is 5.92 Å². The van der Waals surface area contributed by atoms with Crippen LogP contribution in [0.1, 0.15) is 12.8 Å². The molecule has 82 valence electrons. The number of carboxylic acid groups (broad SMARTS) is 2. The lowest BCUT2D eigenvalue weighted by atomic mass is 10.0. The van der Waals surface area contributed by atoms with Gasteiger partial charge in [-0.15, -0.1) is 0 Å². The number of carbonyl (C=O) groups is 2. The Balaban J connectivity index is 4.35. The molecule has 0 aromatic carbocycles. The Kier molecular flexibility index (Phi) is 5.82. The van der Waals surface area contributed by atoms with Crippen molar-refractivity contribution in [1.82, 2.24) is 0 Å². The van der Waals surface area contributed by atoms with Crippen LogP contribution in [0.25, 0.3) is 0 Å². The summed E-state index contributed by atoms with van der Waals surface area (Å²) in [6, 6.07) is 0. The van der Waals surface area contributed by atoms with Crippen LogP contribution in [0.4, 0.5) is 0 Å². The standard InChI is InChI=1S/C8H14O6/c1-13-8(14-2)5(3-6(9)10)4-7(11)12/h5,8H,3-4H2,1-2H3,(H,9,10)(H,11,12). The van der Waals surface area contributed by atoms with Gasteiger partial charge in [0, 0.05) is 20.1 Å². The van der Waals surface area contributed by atoms with E-state index < -0.39 is 24.1 Å². The van der Waals surface area contributed by atoms with Crippen LogP contribution < -0.4 is 0 Å². The van der Waals surface area contributed by atoms with Gasteiger partial charge in [-0.2, -0.15) is 0 Å². The number of methoxy groups -OCH3 is 2. The summed E-state index contributed by atoms with van der Waals surface area (Å²) >= 11 is 0. The third kappa shape index (κ3) is 4.78. The van der Waals surface area contributed by atoms with Gasteiger partial charge >= 0.3 is 11.9 Å². The first kappa shape index (κ1) is 12.9. The molecule has 0 aromatic heterocycles. The Morgan fingerprint density at radius 1 is 1.07 bits per heavy atom. The van der Waals surface area contributed by atoms with Gasteiger partial charge in [-0.1, -0.05) is 0 Å². The van der Waals surface area contributed by atoms with E-state index in [4.69, 9.17) is 19.7 Å². The van der Waals surface area contributed by atoms with E-state index in [0.29, 0.717) is 0 Å². The molecule has 0 aliphatic carbocycles. The Labute approximate surface area is 81.4 Å². The van der Waals surface area contributed by atoms with Crippen molar-refractivity contribution in [2.45, 2.75) is 19.1 Å². The lowest BCUT2D eigenvalue weighted by Gasteiger charge is -2.21. The molecule has 2 N–H and O–H groups in total. The van der Waals surface area contributed by atoms with E-state index in [1.807, 2.05) is 0 Å². The van der Waals surface area contributed by atoms with E-state index in [2.05, 4.69) is 0 Å². The van der Waals surface area contributed by atoms with Crippen LogP contribution in [-0.4, -0.2) is 42.7 Å². The Hall–Kier alpha value is -1.14. The second-order valence-corrected chi connectivity index (χ2v) is 2.80. The molecule has 0 rings (SSSR count). The average molecular weight is 206 g/mol. The minimum Gasteiger partial charge on any atom is -0.481 e. The van der Waals surface area contributed by atoms with Gasteiger partial charge in [0.25, 0.3) is 0 Å². The summed E-state index contributed by atoms with van der Waals surface area (Å²) < 4.78 is 9.63. The summed E-state index contributed by atoms with van der Waals surface area (Å²) in [5.74, 6) is -2.83. The number of hydrogen-bond acceptors (Lipinski definition) is 4. The first-order chi connectivity index (χ1) is 6.51. The maximum Gasteiger partial charge on any atom is 0.303 e. The molecular weight excluding hydrogens is 192 g/mol. The van der Waals surface area contributed by atoms with E-state index >= 15 is 0 Å². The van der Waals surface area contributed by atoms with E-state index in [1.165, 1.54) is 14.2 Å². The molecule has 0 atom stereocenters. The van der Waals surface area contributed by atoms with Crippen LogP contribution in [0.15, 0.2) is 0 Å². The molecule has 0 aliphatic rings. The molecule has 6 heteroatoms. The van der Waals surface area contributed by atoms with Gasteiger partial charge in [0.15, 0.2) is 6.29 Å². The molecule has 0 amide bonds. The van der Waals surface area contributed by atoms with Crippen LogP contribution in [0.3, 0.4) is 0 Å². The number of rotatable bonds is 7. The first-order valence-corrected chi connectivity index (χ1v) is 4.00. The predicted octanol–water partition coefficient (Wildman–Crippen LogP) is 0.171. The van der Waals surface area contributed by atoms with Gasteiger partial charge in [0.2, 0.25) is 0 Å². The molecule has 0 aromatic rings. The fourth-order valence-electron chi connectivity index (χ4n) is 1.19. The number of aliphatic carboxylic acids is 2. The van der Waals surface area contributed by atoms with Crippen molar-refractivity contribution in [3.8, 4) is 0 Å². The van der Waals surface area contributed by atoms with Gasteiger partial charge in [-0.25, -0.2) is 0 Å². The van der Waals surface area contributed by atoms with Crippen LogP contribution in [0, 0.1) is 5.92 Å². The Morgan fingerprint density at radius 2 is 1.43 bits per heavy atom.